The number of para-hydroxylation sites is 1. The maximum atomic E-state index is 12.2. The number of rotatable bonds is 11. The fourth-order valence-corrected chi connectivity index (χ4v) is 6.19. The van der Waals surface area contributed by atoms with Crippen molar-refractivity contribution in [1.29, 1.82) is 0 Å². The van der Waals surface area contributed by atoms with E-state index in [0.717, 1.165) is 12.1 Å². The number of nitrogens with one attached hydrogen (secondary N) is 1. The van der Waals surface area contributed by atoms with Crippen molar-refractivity contribution in [2.75, 3.05) is 12.0 Å². The third-order valence-electron chi connectivity index (χ3n) is 6.17. The Hall–Kier alpha value is -1.33. The van der Waals surface area contributed by atoms with E-state index in [4.69, 9.17) is 4.74 Å². The first kappa shape index (κ1) is 41.8. The van der Waals surface area contributed by atoms with Crippen molar-refractivity contribution >= 4 is 70.9 Å². The summed E-state index contributed by atoms with van der Waals surface area (Å²) in [5.74, 6) is -0.184. The van der Waals surface area contributed by atoms with Crippen LogP contribution in [0.3, 0.4) is 0 Å². The molecule has 0 heterocycles. The molecule has 2 N–H and O–H groups in total. The predicted octanol–water partition coefficient (Wildman–Crippen LogP) is -4.39. The van der Waals surface area contributed by atoms with Crippen LogP contribution in [0, 0.1) is 0 Å². The van der Waals surface area contributed by atoms with E-state index in [0.29, 0.717) is 11.1 Å². The SMILES string of the molecule is O=S(=O)([O-])c1cc(NCOc2ccccc2)c2c(O)c(N=Nc3ccc4ccccc4c3S(=O)(=O)[O-])c(SOO[O-])cc2c1.[Na+].[Na+].[Na+]. The largest absolute Gasteiger partial charge is 1.00 e. The Kier molecular flexibility index (Phi) is 16.1. The summed E-state index contributed by atoms with van der Waals surface area (Å²) in [6, 6.07) is 20.7. The van der Waals surface area contributed by atoms with Gasteiger partial charge >= 0.3 is 88.7 Å². The number of hydrogen-bond donors (Lipinski definition) is 2. The van der Waals surface area contributed by atoms with E-state index in [1.54, 1.807) is 42.5 Å². The molecule has 0 aliphatic rings. The molecule has 0 aliphatic carbocycles. The standard InChI is InChI=1S/C27H21N3O11S3.3Na/c31-26-24-17(12-19(43(33,34)35)14-22(24)28-15-39-18-7-2-1-3-8-18)13-23(42-41-40-32)25(26)30-29-21-11-10-16-6-4-5-9-20(16)27(21)44(36,37)38;;;/h1-14,28,31-32H,15H2,(H,33,34,35)(H,36,37,38);;;/q;3*+1/p-3. The summed E-state index contributed by atoms with van der Waals surface area (Å²) in [6.45, 7) is -0.233. The van der Waals surface area contributed by atoms with Crippen LogP contribution < -0.4 is 104 Å². The van der Waals surface area contributed by atoms with Gasteiger partial charge in [0.25, 0.3) is 0 Å². The second-order valence-electron chi connectivity index (χ2n) is 8.88. The first-order chi connectivity index (χ1) is 21.0. The number of azo groups is 1. The minimum absolute atomic E-state index is 0. The van der Waals surface area contributed by atoms with Crippen molar-refractivity contribution in [3.63, 3.8) is 0 Å². The van der Waals surface area contributed by atoms with Gasteiger partial charge in [-0.2, -0.15) is 4.33 Å². The van der Waals surface area contributed by atoms with E-state index in [2.05, 4.69) is 24.9 Å². The van der Waals surface area contributed by atoms with Gasteiger partial charge in [0.15, 0.2) is 12.5 Å². The smallest absolute Gasteiger partial charge is 0.744 e. The molecule has 5 aromatic rings. The molecule has 0 aromatic heterocycles. The third kappa shape index (κ3) is 10.1. The number of fused-ring (bicyclic) bond motifs is 2. The third-order valence-corrected chi connectivity index (χ3v) is 8.53. The molecule has 0 radical (unpaired) electrons. The quantitative estimate of drug-likeness (QED) is 0.0250. The molecule has 47 heavy (non-hydrogen) atoms. The van der Waals surface area contributed by atoms with Crippen molar-refractivity contribution in [2.45, 2.75) is 14.7 Å². The number of aromatic hydroxyl groups is 1. The summed E-state index contributed by atoms with van der Waals surface area (Å²) < 4.78 is 82.4. The van der Waals surface area contributed by atoms with Crippen LogP contribution in [0.1, 0.15) is 0 Å². The molecule has 0 saturated carbocycles. The Bertz CT molecular complexity index is 2120. The van der Waals surface area contributed by atoms with Gasteiger partial charge in [0.1, 0.15) is 37.4 Å². The zero-order chi connectivity index (χ0) is 31.5. The number of phenolic OH excluding ortho intramolecular Hbond substituents is 1. The Morgan fingerprint density at radius 1 is 0.809 bits per heavy atom. The van der Waals surface area contributed by atoms with Gasteiger partial charge in [-0.05, 0) is 47.2 Å². The Balaban J connectivity index is 0.00000256. The predicted molar refractivity (Wildman–Crippen MR) is 153 cm³/mol. The number of hydrogen-bond acceptors (Lipinski definition) is 15. The second-order valence-corrected chi connectivity index (χ2v) is 12.3. The van der Waals surface area contributed by atoms with E-state index in [1.165, 1.54) is 30.3 Å². The van der Waals surface area contributed by atoms with E-state index in [9.17, 15) is 36.3 Å². The summed E-state index contributed by atoms with van der Waals surface area (Å²) in [4.78, 5) is -1.47. The van der Waals surface area contributed by atoms with Crippen LogP contribution in [-0.4, -0.2) is 37.8 Å². The molecular weight excluding hydrogens is 707 g/mol. The van der Waals surface area contributed by atoms with Crippen molar-refractivity contribution in [2.24, 2.45) is 10.2 Å². The maximum Gasteiger partial charge on any atom is 1.00 e. The van der Waals surface area contributed by atoms with Crippen LogP contribution in [0.5, 0.6) is 11.5 Å². The molecule has 0 fully saturated rings. The molecule has 0 spiro atoms. The van der Waals surface area contributed by atoms with Crippen LogP contribution >= 0.6 is 12.0 Å². The van der Waals surface area contributed by atoms with E-state index < -0.39 is 35.8 Å². The fourth-order valence-electron chi connectivity index (χ4n) is 4.35. The van der Waals surface area contributed by atoms with Crippen LogP contribution in [0.2, 0.25) is 0 Å². The molecule has 0 saturated heterocycles. The average molecular weight is 726 g/mol. The molecule has 0 bridgehead atoms. The summed E-state index contributed by atoms with van der Waals surface area (Å²) in [5.41, 5.74) is -0.794. The zero-order valence-corrected chi connectivity index (χ0v) is 33.4. The van der Waals surface area contributed by atoms with Gasteiger partial charge in [-0.1, -0.05) is 48.5 Å². The number of ether oxygens (including phenoxy) is 1. The number of anilines is 1. The van der Waals surface area contributed by atoms with Crippen molar-refractivity contribution in [1.82, 2.24) is 0 Å². The minimum atomic E-state index is -5.06. The van der Waals surface area contributed by atoms with Crippen molar-refractivity contribution in [3.05, 3.63) is 84.9 Å². The van der Waals surface area contributed by atoms with Gasteiger partial charge < -0.3 is 29.5 Å². The molecule has 0 amide bonds. The van der Waals surface area contributed by atoms with Gasteiger partial charge in [0, 0.05) is 16.5 Å². The molecule has 5 rings (SSSR count). The Morgan fingerprint density at radius 3 is 2.15 bits per heavy atom. The first-order valence-electron chi connectivity index (χ1n) is 12.2. The van der Waals surface area contributed by atoms with Gasteiger partial charge in [-0.15, -0.1) is 10.2 Å². The maximum absolute atomic E-state index is 12.2. The summed E-state index contributed by atoms with van der Waals surface area (Å²) in [5, 5.41) is 36.5. The number of benzene rings is 5. The van der Waals surface area contributed by atoms with E-state index >= 15 is 0 Å². The summed E-state index contributed by atoms with van der Waals surface area (Å²) in [6.07, 6.45) is 0. The second kappa shape index (κ2) is 18.1. The topological polar surface area (TPSA) is 222 Å². The van der Waals surface area contributed by atoms with Crippen LogP contribution in [-0.2, 0) is 29.6 Å². The minimum Gasteiger partial charge on any atom is -0.744 e. The molecule has 20 heteroatoms. The van der Waals surface area contributed by atoms with Gasteiger partial charge in [0.2, 0.25) is 0 Å². The molecule has 0 atom stereocenters. The average Bonchev–Trinajstić information content (AvgIpc) is 2.98. The van der Waals surface area contributed by atoms with Crippen LogP contribution in [0.4, 0.5) is 17.1 Å². The van der Waals surface area contributed by atoms with Crippen LogP contribution in [0.15, 0.2) is 110 Å². The fraction of sp³-hybridized carbons (Fsp3) is 0.0370. The van der Waals surface area contributed by atoms with Gasteiger partial charge in [-0.25, -0.2) is 16.8 Å². The van der Waals surface area contributed by atoms with Crippen molar-refractivity contribution in [3.8, 4) is 11.5 Å². The molecule has 0 aliphatic heterocycles. The number of phenols is 1. The molecule has 228 valence electrons. The Labute approximate surface area is 339 Å². The monoisotopic (exact) mass is 725 g/mol. The van der Waals surface area contributed by atoms with Gasteiger partial charge in [0.05, 0.1) is 26.7 Å². The summed E-state index contributed by atoms with van der Waals surface area (Å²) >= 11 is 0.257. The molecule has 0 unspecified atom stereocenters. The van der Waals surface area contributed by atoms with Gasteiger partial charge in [-0.3, -0.25) is 5.04 Å². The van der Waals surface area contributed by atoms with Crippen molar-refractivity contribution < 1.29 is 139 Å². The summed E-state index contributed by atoms with van der Waals surface area (Å²) in [7, 11) is -10.0. The zero-order valence-electron chi connectivity index (χ0n) is 24.9. The normalized spacial score (nSPS) is 11.5. The van der Waals surface area contributed by atoms with E-state index in [-0.39, 0.29) is 146 Å². The molecular formula is C27H18N3Na3O11S3. The molecule has 14 nitrogen and oxygen atoms in total. The Morgan fingerprint density at radius 2 is 1.49 bits per heavy atom. The van der Waals surface area contributed by atoms with E-state index in [1.807, 2.05) is 0 Å². The molecule has 5 aromatic carbocycles. The first-order valence-corrected chi connectivity index (χ1v) is 15.8. The number of nitrogens with zero attached hydrogens (tertiary/aromatic N) is 2. The van der Waals surface area contributed by atoms with Crippen LogP contribution in [0.25, 0.3) is 21.5 Å².